The fourth-order valence-electron chi connectivity index (χ4n) is 2.61. The van der Waals surface area contributed by atoms with E-state index >= 15 is 0 Å². The summed E-state index contributed by atoms with van der Waals surface area (Å²) in [6, 6.07) is 0.450. The van der Waals surface area contributed by atoms with Crippen molar-refractivity contribution in [3.05, 3.63) is 17.8 Å². The molecule has 2 bridgehead atoms. The summed E-state index contributed by atoms with van der Waals surface area (Å²) < 4.78 is 9.98. The van der Waals surface area contributed by atoms with Crippen molar-refractivity contribution in [3.8, 4) is 0 Å². The summed E-state index contributed by atoms with van der Waals surface area (Å²) in [7, 11) is 1.36. The third kappa shape index (κ3) is 1.13. The van der Waals surface area contributed by atoms with Gasteiger partial charge < -0.3 is 14.5 Å². The van der Waals surface area contributed by atoms with Crippen LogP contribution in [0.2, 0.25) is 0 Å². The zero-order valence-electron chi connectivity index (χ0n) is 8.40. The number of nitrogens with one attached hydrogen (secondary N) is 1. The molecule has 1 saturated carbocycles. The van der Waals surface area contributed by atoms with Crippen LogP contribution in [0.4, 0.5) is 0 Å². The van der Waals surface area contributed by atoms with Crippen LogP contribution in [0.5, 0.6) is 0 Å². The second kappa shape index (κ2) is 3.06. The maximum Gasteiger partial charge on any atom is 0.360 e. The molecule has 3 aliphatic rings. The van der Waals surface area contributed by atoms with Crippen molar-refractivity contribution < 1.29 is 13.9 Å². The molecule has 3 unspecified atom stereocenters. The van der Waals surface area contributed by atoms with Gasteiger partial charge in [-0.1, -0.05) is 0 Å². The maximum atomic E-state index is 11.4. The zero-order valence-corrected chi connectivity index (χ0v) is 8.40. The van der Waals surface area contributed by atoms with Gasteiger partial charge in [0.25, 0.3) is 0 Å². The Hall–Kier alpha value is -1.36. The van der Waals surface area contributed by atoms with E-state index in [-0.39, 0.29) is 0 Å². The average molecular weight is 208 g/mol. The smallest absolute Gasteiger partial charge is 0.360 e. The van der Waals surface area contributed by atoms with Gasteiger partial charge in [-0.25, -0.2) is 9.78 Å². The van der Waals surface area contributed by atoms with Crippen LogP contribution in [0, 0.1) is 5.92 Å². The molecule has 2 saturated heterocycles. The van der Waals surface area contributed by atoms with E-state index in [0.29, 0.717) is 29.3 Å². The first kappa shape index (κ1) is 8.91. The highest BCUT2D eigenvalue weighted by Gasteiger charge is 2.50. The van der Waals surface area contributed by atoms with E-state index in [9.17, 15) is 4.79 Å². The summed E-state index contributed by atoms with van der Waals surface area (Å²) in [5, 5.41) is 3.38. The molecule has 1 aliphatic carbocycles. The van der Waals surface area contributed by atoms with Crippen LogP contribution in [0.1, 0.15) is 28.6 Å². The summed E-state index contributed by atoms with van der Waals surface area (Å²) in [6.07, 6.45) is 2.49. The first-order valence-electron chi connectivity index (χ1n) is 5.06. The monoisotopic (exact) mass is 208 g/mol. The number of oxazole rings is 1. The molecule has 0 radical (unpaired) electrons. The van der Waals surface area contributed by atoms with Crippen LogP contribution in [0.25, 0.3) is 0 Å². The number of carbonyl (C=O) groups is 1. The van der Waals surface area contributed by atoms with E-state index in [1.54, 1.807) is 0 Å². The fourth-order valence-corrected chi connectivity index (χ4v) is 2.61. The second-order valence-electron chi connectivity index (χ2n) is 4.09. The first-order valence-corrected chi connectivity index (χ1v) is 5.06. The van der Waals surface area contributed by atoms with Crippen molar-refractivity contribution in [3.63, 3.8) is 0 Å². The topological polar surface area (TPSA) is 64.4 Å². The average Bonchev–Trinajstić information content (AvgIpc) is 2.90. The third-order valence-corrected chi connectivity index (χ3v) is 3.42. The Kier molecular flexibility index (Phi) is 1.82. The summed E-state index contributed by atoms with van der Waals surface area (Å²) in [5.74, 6) is 1.17. The van der Waals surface area contributed by atoms with Gasteiger partial charge in [0.1, 0.15) is 5.76 Å². The summed E-state index contributed by atoms with van der Waals surface area (Å²) >= 11 is 0. The molecule has 0 amide bonds. The van der Waals surface area contributed by atoms with Gasteiger partial charge >= 0.3 is 5.97 Å². The molecule has 5 nitrogen and oxygen atoms in total. The number of hydrogen-bond acceptors (Lipinski definition) is 5. The lowest BCUT2D eigenvalue weighted by Gasteiger charge is -2.32. The van der Waals surface area contributed by atoms with Crippen LogP contribution in [0.3, 0.4) is 0 Å². The van der Waals surface area contributed by atoms with E-state index < -0.39 is 5.97 Å². The Morgan fingerprint density at radius 3 is 3.20 bits per heavy atom. The number of ether oxygens (including phenoxy) is 1. The molecule has 15 heavy (non-hydrogen) atoms. The Labute approximate surface area is 86.8 Å². The van der Waals surface area contributed by atoms with Gasteiger partial charge in [0.2, 0.25) is 0 Å². The Bertz CT molecular complexity index is 387. The fraction of sp³-hybridized carbons (Fsp3) is 0.600. The highest BCUT2D eigenvalue weighted by Crippen LogP contribution is 2.47. The molecule has 3 atom stereocenters. The standard InChI is InChI=1S/C10H12N2O3/c1-14-10(13)8-9(15-4-12-8)7-5-2-6(7)11-3-5/h4-7,11H,2-3H2,1H3. The van der Waals surface area contributed by atoms with E-state index in [1.165, 1.54) is 19.9 Å². The van der Waals surface area contributed by atoms with Crippen molar-refractivity contribution in [2.75, 3.05) is 13.7 Å². The van der Waals surface area contributed by atoms with Crippen LogP contribution in [-0.4, -0.2) is 30.6 Å². The Morgan fingerprint density at radius 1 is 1.73 bits per heavy atom. The second-order valence-corrected chi connectivity index (χ2v) is 4.09. The van der Waals surface area contributed by atoms with E-state index in [2.05, 4.69) is 15.0 Å². The minimum atomic E-state index is -0.412. The lowest BCUT2D eigenvalue weighted by molar-refractivity contribution is 0.0589. The maximum absolute atomic E-state index is 11.4. The largest absolute Gasteiger partial charge is 0.464 e. The number of aromatic nitrogens is 1. The predicted octanol–water partition coefficient (Wildman–Crippen LogP) is 0.536. The van der Waals surface area contributed by atoms with Gasteiger partial charge in [0.15, 0.2) is 12.1 Å². The van der Waals surface area contributed by atoms with E-state index in [1.807, 2.05) is 0 Å². The van der Waals surface area contributed by atoms with Gasteiger partial charge in [0, 0.05) is 12.0 Å². The lowest BCUT2D eigenvalue weighted by Crippen LogP contribution is -2.35. The Morgan fingerprint density at radius 2 is 2.60 bits per heavy atom. The minimum absolute atomic E-state index is 0.307. The minimum Gasteiger partial charge on any atom is -0.464 e. The number of fused-ring (bicyclic) bond motifs is 1. The van der Waals surface area contributed by atoms with Crippen LogP contribution >= 0.6 is 0 Å². The van der Waals surface area contributed by atoms with Gasteiger partial charge in [-0.3, -0.25) is 0 Å². The summed E-state index contributed by atoms with van der Waals surface area (Å²) in [4.78, 5) is 15.3. The lowest BCUT2D eigenvalue weighted by atomic mass is 9.72. The zero-order chi connectivity index (χ0) is 10.4. The molecule has 5 heteroatoms. The van der Waals surface area contributed by atoms with Crippen molar-refractivity contribution in [2.24, 2.45) is 5.92 Å². The highest BCUT2D eigenvalue weighted by atomic mass is 16.5. The third-order valence-electron chi connectivity index (χ3n) is 3.42. The van der Waals surface area contributed by atoms with Crippen molar-refractivity contribution in [2.45, 2.75) is 18.4 Å². The van der Waals surface area contributed by atoms with Gasteiger partial charge in [-0.15, -0.1) is 0 Å². The molecule has 0 aromatic carbocycles. The quantitative estimate of drug-likeness (QED) is 0.718. The SMILES string of the molecule is COC(=O)c1ncoc1C1C2CNC1C2. The van der Waals surface area contributed by atoms with Gasteiger partial charge in [-0.05, 0) is 18.9 Å². The molecule has 3 fully saturated rings. The Balaban J connectivity index is 1.92. The number of hydrogen-bond donors (Lipinski definition) is 1. The molecule has 1 aromatic heterocycles. The van der Waals surface area contributed by atoms with E-state index in [0.717, 1.165) is 6.54 Å². The number of rotatable bonds is 2. The van der Waals surface area contributed by atoms with Crippen molar-refractivity contribution in [1.82, 2.24) is 10.3 Å². The number of methoxy groups -OCH3 is 1. The molecule has 2 aliphatic heterocycles. The molecular formula is C10H12N2O3. The van der Waals surface area contributed by atoms with Crippen molar-refractivity contribution in [1.29, 1.82) is 0 Å². The van der Waals surface area contributed by atoms with Crippen LogP contribution < -0.4 is 5.32 Å². The van der Waals surface area contributed by atoms with Gasteiger partial charge in [0.05, 0.1) is 7.11 Å². The number of nitrogens with zero attached hydrogens (tertiary/aromatic N) is 1. The molecule has 0 spiro atoms. The summed E-state index contributed by atoms with van der Waals surface area (Å²) in [5.41, 5.74) is 0.334. The molecule has 80 valence electrons. The van der Waals surface area contributed by atoms with Crippen LogP contribution in [0.15, 0.2) is 10.8 Å². The molecule has 1 aromatic rings. The van der Waals surface area contributed by atoms with E-state index in [4.69, 9.17) is 4.42 Å². The number of carbonyl (C=O) groups excluding carboxylic acids is 1. The summed E-state index contributed by atoms with van der Waals surface area (Å²) in [6.45, 7) is 1.01. The highest BCUT2D eigenvalue weighted by molar-refractivity contribution is 5.88. The molecule has 4 rings (SSSR count). The molecule has 3 heterocycles. The normalized spacial score (nSPS) is 32.5. The first-order chi connectivity index (χ1) is 7.31. The van der Waals surface area contributed by atoms with Crippen LogP contribution in [-0.2, 0) is 4.74 Å². The predicted molar refractivity (Wildman–Crippen MR) is 50.5 cm³/mol. The number of esters is 1. The van der Waals surface area contributed by atoms with Crippen molar-refractivity contribution >= 4 is 5.97 Å². The van der Waals surface area contributed by atoms with Gasteiger partial charge in [-0.2, -0.15) is 0 Å². The molecule has 1 N–H and O–H groups in total. The molecular weight excluding hydrogens is 196 g/mol.